The third kappa shape index (κ3) is 3.50. The molecule has 0 radical (unpaired) electrons. The highest BCUT2D eigenvalue weighted by molar-refractivity contribution is 6.50. The maximum Gasteiger partial charge on any atom is 0.282 e. The van der Waals surface area contributed by atoms with E-state index in [1.807, 2.05) is 6.07 Å². The number of carbonyl (C=O) groups excluding carboxylic acids is 2. The topological polar surface area (TPSA) is 49.4 Å². The quantitative estimate of drug-likeness (QED) is 0.558. The van der Waals surface area contributed by atoms with Gasteiger partial charge in [0.15, 0.2) is 0 Å². The molecule has 0 unspecified atom stereocenters. The first-order chi connectivity index (χ1) is 14.0. The molecule has 144 valence electrons. The molecule has 3 aromatic carbocycles. The van der Waals surface area contributed by atoms with Crippen LogP contribution in [0.2, 0.25) is 10.0 Å². The van der Waals surface area contributed by atoms with Crippen LogP contribution in [0.4, 0.5) is 15.8 Å². The van der Waals surface area contributed by atoms with Gasteiger partial charge in [-0.2, -0.15) is 0 Å². The van der Waals surface area contributed by atoms with Crippen molar-refractivity contribution in [1.82, 2.24) is 0 Å². The third-order valence-corrected chi connectivity index (χ3v) is 5.24. The zero-order chi connectivity index (χ0) is 20.5. The van der Waals surface area contributed by atoms with E-state index in [-0.39, 0.29) is 27.0 Å². The Morgan fingerprint density at radius 3 is 2.17 bits per heavy atom. The summed E-state index contributed by atoms with van der Waals surface area (Å²) in [6.45, 7) is 0. The van der Waals surface area contributed by atoms with Gasteiger partial charge in [-0.25, -0.2) is 9.29 Å². The molecule has 29 heavy (non-hydrogen) atoms. The molecule has 0 saturated heterocycles. The fourth-order valence-corrected chi connectivity index (χ4v) is 3.46. The lowest BCUT2D eigenvalue weighted by Gasteiger charge is -2.17. The Morgan fingerprint density at radius 1 is 0.793 bits per heavy atom. The molecule has 0 aromatic heterocycles. The number of carbonyl (C=O) groups is 2. The Kier molecular flexibility index (Phi) is 5.09. The Hall–Kier alpha value is -3.15. The van der Waals surface area contributed by atoms with Crippen LogP contribution >= 0.6 is 23.2 Å². The summed E-state index contributed by atoms with van der Waals surface area (Å²) in [5.74, 6) is -1.52. The summed E-state index contributed by atoms with van der Waals surface area (Å²) in [5, 5.41) is 3.29. The zero-order valence-corrected chi connectivity index (χ0v) is 16.3. The normalized spacial score (nSPS) is 14.0. The molecule has 0 saturated carbocycles. The Balaban J connectivity index is 1.84. The van der Waals surface area contributed by atoms with E-state index in [1.54, 1.807) is 42.5 Å². The minimum atomic E-state index is -0.581. The van der Waals surface area contributed by atoms with E-state index in [9.17, 15) is 14.0 Å². The number of rotatable bonds is 4. The zero-order valence-electron chi connectivity index (χ0n) is 14.8. The van der Waals surface area contributed by atoms with Crippen molar-refractivity contribution in [3.63, 3.8) is 0 Å². The molecule has 1 aliphatic rings. The molecule has 0 fully saturated rings. The first kappa shape index (κ1) is 19.2. The van der Waals surface area contributed by atoms with E-state index in [2.05, 4.69) is 5.32 Å². The lowest BCUT2D eigenvalue weighted by Crippen LogP contribution is -2.32. The van der Waals surface area contributed by atoms with Gasteiger partial charge in [0, 0.05) is 5.69 Å². The first-order valence-corrected chi connectivity index (χ1v) is 9.38. The summed E-state index contributed by atoms with van der Waals surface area (Å²) >= 11 is 12.3. The molecule has 1 heterocycles. The van der Waals surface area contributed by atoms with Crippen molar-refractivity contribution in [3.8, 4) is 0 Å². The number of hydrogen-bond donors (Lipinski definition) is 1. The van der Waals surface area contributed by atoms with Crippen molar-refractivity contribution in [3.05, 3.63) is 99.9 Å². The fraction of sp³-hybridized carbons (Fsp3) is 0. The number of halogens is 3. The molecule has 1 N–H and O–H groups in total. The molecule has 0 bridgehead atoms. The third-order valence-electron chi connectivity index (χ3n) is 4.43. The van der Waals surface area contributed by atoms with E-state index in [0.29, 0.717) is 11.3 Å². The van der Waals surface area contributed by atoms with E-state index in [0.717, 1.165) is 4.90 Å². The molecule has 2 amide bonds. The fourth-order valence-electron chi connectivity index (χ4n) is 3.08. The number of amides is 2. The second kappa shape index (κ2) is 7.70. The Morgan fingerprint density at radius 2 is 1.48 bits per heavy atom. The lowest BCUT2D eigenvalue weighted by molar-refractivity contribution is -0.120. The SMILES string of the molecule is O=C1C(Nc2ccc(F)cc2)=C(c2ccccc2)C(=O)N1c1cccc(Cl)c1Cl. The molecular weight excluding hydrogens is 414 g/mol. The Labute approximate surface area is 176 Å². The van der Waals surface area contributed by atoms with Gasteiger partial charge in [-0.15, -0.1) is 0 Å². The highest BCUT2D eigenvalue weighted by atomic mass is 35.5. The summed E-state index contributed by atoms with van der Waals surface area (Å²) in [4.78, 5) is 27.5. The second-order valence-corrected chi connectivity index (χ2v) is 7.05. The van der Waals surface area contributed by atoms with Gasteiger partial charge >= 0.3 is 0 Å². The van der Waals surface area contributed by atoms with Crippen LogP contribution < -0.4 is 10.2 Å². The van der Waals surface area contributed by atoms with Gasteiger partial charge in [-0.1, -0.05) is 59.6 Å². The second-order valence-electron chi connectivity index (χ2n) is 6.27. The number of benzene rings is 3. The molecule has 0 spiro atoms. The number of hydrogen-bond acceptors (Lipinski definition) is 3. The maximum absolute atomic E-state index is 13.3. The van der Waals surface area contributed by atoms with Crippen LogP contribution in [0.1, 0.15) is 5.56 Å². The predicted molar refractivity (Wildman–Crippen MR) is 112 cm³/mol. The molecule has 4 nitrogen and oxygen atoms in total. The summed E-state index contributed by atoms with van der Waals surface area (Å²) in [7, 11) is 0. The van der Waals surface area contributed by atoms with Gasteiger partial charge in [-0.05, 0) is 42.0 Å². The highest BCUT2D eigenvalue weighted by Gasteiger charge is 2.41. The Bertz CT molecular complexity index is 1150. The smallest absolute Gasteiger partial charge is 0.282 e. The number of nitrogens with zero attached hydrogens (tertiary/aromatic N) is 1. The molecule has 4 rings (SSSR count). The molecule has 7 heteroatoms. The molecule has 0 aliphatic carbocycles. The van der Waals surface area contributed by atoms with Gasteiger partial charge in [0.25, 0.3) is 11.8 Å². The predicted octanol–water partition coefficient (Wildman–Crippen LogP) is 5.53. The van der Waals surface area contributed by atoms with Crippen molar-refractivity contribution in [2.45, 2.75) is 0 Å². The van der Waals surface area contributed by atoms with E-state index < -0.39 is 17.6 Å². The van der Waals surface area contributed by atoms with Gasteiger partial charge < -0.3 is 5.32 Å². The summed E-state index contributed by atoms with van der Waals surface area (Å²) in [6.07, 6.45) is 0. The minimum absolute atomic E-state index is 0.0730. The van der Waals surface area contributed by atoms with Crippen molar-refractivity contribution in [1.29, 1.82) is 0 Å². The van der Waals surface area contributed by atoms with Crippen LogP contribution in [0.15, 0.2) is 78.5 Å². The molecular formula is C22H13Cl2FN2O2. The van der Waals surface area contributed by atoms with Gasteiger partial charge in [-0.3, -0.25) is 9.59 Å². The molecule has 1 aliphatic heterocycles. The van der Waals surface area contributed by atoms with Gasteiger partial charge in [0.2, 0.25) is 0 Å². The maximum atomic E-state index is 13.3. The van der Waals surface area contributed by atoms with Gasteiger partial charge in [0.05, 0.1) is 21.3 Å². The minimum Gasteiger partial charge on any atom is -0.350 e. The van der Waals surface area contributed by atoms with E-state index in [1.165, 1.54) is 24.3 Å². The lowest BCUT2D eigenvalue weighted by atomic mass is 10.0. The van der Waals surface area contributed by atoms with Crippen molar-refractivity contribution in [2.24, 2.45) is 0 Å². The number of nitrogens with one attached hydrogen (secondary N) is 1. The van der Waals surface area contributed by atoms with Crippen molar-refractivity contribution >= 4 is 52.0 Å². The van der Waals surface area contributed by atoms with E-state index >= 15 is 0 Å². The highest BCUT2D eigenvalue weighted by Crippen LogP contribution is 2.39. The number of imide groups is 1. The molecule has 0 atom stereocenters. The standard InChI is InChI=1S/C22H13Cl2FN2O2/c23-16-7-4-8-17(19(16)24)27-21(28)18(13-5-2-1-3-6-13)20(22(27)29)26-15-11-9-14(25)10-12-15/h1-12,26H. The van der Waals surface area contributed by atoms with Gasteiger partial charge in [0.1, 0.15) is 11.5 Å². The van der Waals surface area contributed by atoms with Crippen LogP contribution in [-0.4, -0.2) is 11.8 Å². The van der Waals surface area contributed by atoms with Crippen molar-refractivity contribution < 1.29 is 14.0 Å². The average Bonchev–Trinajstić information content (AvgIpc) is 2.96. The largest absolute Gasteiger partial charge is 0.350 e. The average molecular weight is 427 g/mol. The van der Waals surface area contributed by atoms with Crippen LogP contribution in [0.5, 0.6) is 0 Å². The summed E-state index contributed by atoms with van der Waals surface area (Å²) in [6, 6.07) is 19.0. The van der Waals surface area contributed by atoms with Crippen molar-refractivity contribution in [2.75, 3.05) is 10.2 Å². The van der Waals surface area contributed by atoms with Crippen LogP contribution in [0, 0.1) is 5.82 Å². The monoisotopic (exact) mass is 426 g/mol. The summed E-state index contributed by atoms with van der Waals surface area (Å²) < 4.78 is 13.3. The number of anilines is 2. The molecule has 3 aromatic rings. The summed E-state index contributed by atoms with van der Waals surface area (Å²) in [5.41, 5.74) is 1.49. The van der Waals surface area contributed by atoms with E-state index in [4.69, 9.17) is 23.2 Å². The first-order valence-electron chi connectivity index (χ1n) is 8.62. The van der Waals surface area contributed by atoms with Crippen LogP contribution in [0.3, 0.4) is 0 Å². The van der Waals surface area contributed by atoms with Crippen LogP contribution in [0.25, 0.3) is 5.57 Å². The van der Waals surface area contributed by atoms with Crippen LogP contribution in [-0.2, 0) is 9.59 Å².